The summed E-state index contributed by atoms with van der Waals surface area (Å²) < 4.78 is 5.74. The van der Waals surface area contributed by atoms with Crippen molar-refractivity contribution in [2.45, 2.75) is 25.8 Å². The van der Waals surface area contributed by atoms with E-state index in [1.807, 2.05) is 31.2 Å². The van der Waals surface area contributed by atoms with Crippen molar-refractivity contribution in [2.24, 2.45) is 11.7 Å². The van der Waals surface area contributed by atoms with Crippen molar-refractivity contribution in [3.63, 3.8) is 0 Å². The van der Waals surface area contributed by atoms with Crippen LogP contribution in [0.4, 0.5) is 0 Å². The molecule has 14 heavy (non-hydrogen) atoms. The zero-order valence-corrected chi connectivity index (χ0v) is 8.57. The lowest BCUT2D eigenvalue weighted by atomic mass is 10.1. The van der Waals surface area contributed by atoms with E-state index in [0.29, 0.717) is 0 Å². The number of hydrogen-bond donors (Lipinski definition) is 1. The first-order valence-electron chi connectivity index (χ1n) is 5.24. The molecule has 2 nitrogen and oxygen atoms in total. The molecule has 1 saturated carbocycles. The van der Waals surface area contributed by atoms with Gasteiger partial charge < -0.3 is 10.5 Å². The highest BCUT2D eigenvalue weighted by atomic mass is 16.5. The van der Waals surface area contributed by atoms with Gasteiger partial charge in [-0.25, -0.2) is 0 Å². The molecule has 1 aromatic rings. The zero-order chi connectivity index (χ0) is 9.97. The number of nitrogens with two attached hydrogens (primary N) is 1. The predicted octanol–water partition coefficient (Wildman–Crippen LogP) is 2.50. The van der Waals surface area contributed by atoms with Gasteiger partial charge in [-0.15, -0.1) is 0 Å². The fraction of sp³-hybridized carbons (Fsp3) is 0.500. The Morgan fingerprint density at radius 2 is 2.14 bits per heavy atom. The third-order valence-electron chi connectivity index (χ3n) is 2.58. The summed E-state index contributed by atoms with van der Waals surface area (Å²) >= 11 is 0. The summed E-state index contributed by atoms with van der Waals surface area (Å²) in [5.41, 5.74) is 6.96. The highest BCUT2D eigenvalue weighted by Crippen LogP contribution is 2.31. The number of para-hydroxylation sites is 1. The van der Waals surface area contributed by atoms with Crippen molar-refractivity contribution in [1.82, 2.24) is 0 Å². The molecule has 1 aromatic carbocycles. The van der Waals surface area contributed by atoms with E-state index in [1.165, 1.54) is 12.8 Å². The maximum atomic E-state index is 5.86. The number of rotatable bonds is 4. The molecular weight excluding hydrogens is 174 g/mol. The van der Waals surface area contributed by atoms with E-state index in [9.17, 15) is 0 Å². The van der Waals surface area contributed by atoms with Crippen LogP contribution >= 0.6 is 0 Å². The van der Waals surface area contributed by atoms with Gasteiger partial charge in [0.05, 0.1) is 6.61 Å². The van der Waals surface area contributed by atoms with Crippen molar-refractivity contribution in [2.75, 3.05) is 6.61 Å². The second-order valence-corrected chi connectivity index (χ2v) is 4.08. The average molecular weight is 191 g/mol. The number of benzene rings is 1. The van der Waals surface area contributed by atoms with Crippen LogP contribution in [0.15, 0.2) is 24.3 Å². The molecule has 76 valence electrons. The maximum absolute atomic E-state index is 5.86. The summed E-state index contributed by atoms with van der Waals surface area (Å²) in [6, 6.07) is 8.08. The monoisotopic (exact) mass is 191 g/mol. The van der Waals surface area contributed by atoms with Crippen LogP contribution in [0, 0.1) is 5.92 Å². The molecule has 2 N–H and O–H groups in total. The van der Waals surface area contributed by atoms with E-state index in [2.05, 4.69) is 0 Å². The Kier molecular flexibility index (Phi) is 2.73. The Hall–Kier alpha value is -1.02. The van der Waals surface area contributed by atoms with Crippen LogP contribution in [0.5, 0.6) is 5.75 Å². The topological polar surface area (TPSA) is 35.2 Å². The summed E-state index contributed by atoms with van der Waals surface area (Å²) in [6.45, 7) is 2.84. The van der Waals surface area contributed by atoms with E-state index in [4.69, 9.17) is 10.5 Å². The lowest BCUT2D eigenvalue weighted by Crippen LogP contribution is -2.09. The SMILES string of the molecule is CC(N)c1ccccc1OCC1CC1. The Morgan fingerprint density at radius 3 is 2.79 bits per heavy atom. The van der Waals surface area contributed by atoms with Crippen LogP contribution < -0.4 is 10.5 Å². The second-order valence-electron chi connectivity index (χ2n) is 4.08. The van der Waals surface area contributed by atoms with Gasteiger partial charge in [-0.2, -0.15) is 0 Å². The van der Waals surface area contributed by atoms with Crippen LogP contribution in [-0.4, -0.2) is 6.61 Å². The average Bonchev–Trinajstić information content (AvgIpc) is 2.98. The molecule has 1 unspecified atom stereocenters. The third-order valence-corrected chi connectivity index (χ3v) is 2.58. The van der Waals surface area contributed by atoms with E-state index in [-0.39, 0.29) is 6.04 Å². The van der Waals surface area contributed by atoms with Gasteiger partial charge in [-0.05, 0) is 31.7 Å². The van der Waals surface area contributed by atoms with Crippen LogP contribution in [0.3, 0.4) is 0 Å². The molecule has 0 heterocycles. The number of hydrogen-bond acceptors (Lipinski definition) is 2. The standard InChI is InChI=1S/C12H17NO/c1-9(13)11-4-2-3-5-12(11)14-8-10-6-7-10/h2-5,9-10H,6-8,13H2,1H3. The summed E-state index contributed by atoms with van der Waals surface area (Å²) in [6.07, 6.45) is 2.64. The molecule has 0 aliphatic heterocycles. The summed E-state index contributed by atoms with van der Waals surface area (Å²) in [4.78, 5) is 0. The van der Waals surface area contributed by atoms with Crippen LogP contribution in [-0.2, 0) is 0 Å². The smallest absolute Gasteiger partial charge is 0.124 e. The molecule has 0 aromatic heterocycles. The predicted molar refractivity (Wildman–Crippen MR) is 57.3 cm³/mol. The molecule has 2 rings (SSSR count). The molecule has 1 atom stereocenters. The molecule has 1 fully saturated rings. The lowest BCUT2D eigenvalue weighted by molar-refractivity contribution is 0.295. The van der Waals surface area contributed by atoms with E-state index in [0.717, 1.165) is 23.8 Å². The van der Waals surface area contributed by atoms with Gasteiger partial charge in [-0.1, -0.05) is 18.2 Å². The van der Waals surface area contributed by atoms with Gasteiger partial charge in [-0.3, -0.25) is 0 Å². The van der Waals surface area contributed by atoms with Crippen molar-refractivity contribution in [3.05, 3.63) is 29.8 Å². The van der Waals surface area contributed by atoms with Gasteiger partial charge in [0, 0.05) is 11.6 Å². The largest absolute Gasteiger partial charge is 0.493 e. The number of ether oxygens (including phenoxy) is 1. The minimum Gasteiger partial charge on any atom is -0.493 e. The molecule has 2 heteroatoms. The van der Waals surface area contributed by atoms with E-state index >= 15 is 0 Å². The highest BCUT2D eigenvalue weighted by Gasteiger charge is 2.22. The summed E-state index contributed by atoms with van der Waals surface area (Å²) in [5, 5.41) is 0. The highest BCUT2D eigenvalue weighted by molar-refractivity contribution is 5.35. The molecular formula is C12H17NO. The first-order chi connectivity index (χ1) is 6.77. The van der Waals surface area contributed by atoms with Crippen molar-refractivity contribution in [3.8, 4) is 5.75 Å². The zero-order valence-electron chi connectivity index (χ0n) is 8.57. The Balaban J connectivity index is 2.05. The first-order valence-corrected chi connectivity index (χ1v) is 5.24. The Morgan fingerprint density at radius 1 is 1.43 bits per heavy atom. The van der Waals surface area contributed by atoms with Crippen LogP contribution in [0.25, 0.3) is 0 Å². The Bertz CT molecular complexity index is 305. The molecule has 0 saturated heterocycles. The maximum Gasteiger partial charge on any atom is 0.124 e. The summed E-state index contributed by atoms with van der Waals surface area (Å²) in [7, 11) is 0. The quantitative estimate of drug-likeness (QED) is 0.793. The molecule has 0 bridgehead atoms. The molecule has 1 aliphatic rings. The third kappa shape index (κ3) is 2.26. The van der Waals surface area contributed by atoms with Gasteiger partial charge in [0.25, 0.3) is 0 Å². The van der Waals surface area contributed by atoms with Gasteiger partial charge in [0.2, 0.25) is 0 Å². The minimum absolute atomic E-state index is 0.0467. The molecule has 0 spiro atoms. The second kappa shape index (κ2) is 4.01. The molecule has 0 radical (unpaired) electrons. The van der Waals surface area contributed by atoms with Gasteiger partial charge in [0.15, 0.2) is 0 Å². The molecule has 0 amide bonds. The van der Waals surface area contributed by atoms with Crippen LogP contribution in [0.2, 0.25) is 0 Å². The normalized spacial score (nSPS) is 17.9. The van der Waals surface area contributed by atoms with Crippen molar-refractivity contribution >= 4 is 0 Å². The summed E-state index contributed by atoms with van der Waals surface area (Å²) in [5.74, 6) is 1.74. The molecule has 1 aliphatic carbocycles. The Labute approximate surface area is 85.1 Å². The van der Waals surface area contributed by atoms with E-state index in [1.54, 1.807) is 0 Å². The minimum atomic E-state index is 0.0467. The van der Waals surface area contributed by atoms with E-state index < -0.39 is 0 Å². The van der Waals surface area contributed by atoms with Crippen LogP contribution in [0.1, 0.15) is 31.4 Å². The fourth-order valence-electron chi connectivity index (χ4n) is 1.48. The van der Waals surface area contributed by atoms with Gasteiger partial charge in [0.1, 0.15) is 5.75 Å². The fourth-order valence-corrected chi connectivity index (χ4v) is 1.48. The van der Waals surface area contributed by atoms with Crippen molar-refractivity contribution in [1.29, 1.82) is 0 Å². The van der Waals surface area contributed by atoms with Gasteiger partial charge >= 0.3 is 0 Å². The first kappa shape index (κ1) is 9.53. The van der Waals surface area contributed by atoms with Crippen molar-refractivity contribution < 1.29 is 4.74 Å². The lowest BCUT2D eigenvalue weighted by Gasteiger charge is -2.13.